The molecule has 0 aromatic rings. The highest BCUT2D eigenvalue weighted by atomic mass is 35.5. The zero-order chi connectivity index (χ0) is 10.2. The Balaban J connectivity index is 0. The van der Waals surface area contributed by atoms with E-state index in [4.69, 9.17) is 0 Å². The minimum Gasteiger partial charge on any atom is -0.314 e. The average molecular weight is 273 g/mol. The lowest BCUT2D eigenvalue weighted by Gasteiger charge is -2.21. The van der Waals surface area contributed by atoms with E-state index in [1.165, 1.54) is 26.2 Å². The van der Waals surface area contributed by atoms with E-state index in [1.54, 1.807) is 0 Å². The lowest BCUT2D eigenvalue weighted by Crippen LogP contribution is -2.40. The van der Waals surface area contributed by atoms with Gasteiger partial charge in [0.1, 0.15) is 0 Å². The number of hydrogen-bond donors (Lipinski definition) is 2. The van der Waals surface area contributed by atoms with Crippen LogP contribution in [-0.4, -0.2) is 76.3 Å². The fourth-order valence-corrected chi connectivity index (χ4v) is 1.55. The molecule has 0 saturated carbocycles. The highest BCUT2D eigenvalue weighted by molar-refractivity contribution is 5.85. The first-order valence-corrected chi connectivity index (χ1v) is 5.57. The Morgan fingerprint density at radius 3 is 1.00 bits per heavy atom. The average Bonchev–Trinajstić information content (AvgIpc) is 2.21. The Labute approximate surface area is 112 Å². The molecule has 0 aliphatic carbocycles. The van der Waals surface area contributed by atoms with Gasteiger partial charge in [-0.25, -0.2) is 0 Å². The molecule has 0 amide bonds. The fraction of sp³-hybridized carbons (Fsp3) is 1.00. The van der Waals surface area contributed by atoms with Gasteiger partial charge in [0.15, 0.2) is 0 Å². The highest BCUT2D eigenvalue weighted by Gasteiger charge is 2.01. The van der Waals surface area contributed by atoms with Gasteiger partial charge >= 0.3 is 0 Å². The van der Waals surface area contributed by atoms with Crippen LogP contribution in [0.25, 0.3) is 0 Å². The monoisotopic (exact) mass is 272 g/mol. The first kappa shape index (κ1) is 18.8. The summed E-state index contributed by atoms with van der Waals surface area (Å²) in [5, 5.41) is 6.55. The lowest BCUT2D eigenvalue weighted by atomic mass is 10.4. The third kappa shape index (κ3) is 9.63. The molecule has 0 aromatic heterocycles. The first-order chi connectivity index (χ1) is 6.79. The summed E-state index contributed by atoms with van der Waals surface area (Å²) in [5.41, 5.74) is 0. The molecule has 2 fully saturated rings. The first-order valence-electron chi connectivity index (χ1n) is 5.57. The molecule has 0 bridgehead atoms. The van der Waals surface area contributed by atoms with Crippen LogP contribution in [0.4, 0.5) is 0 Å². The van der Waals surface area contributed by atoms with Crippen LogP contribution in [0, 0.1) is 0 Å². The van der Waals surface area contributed by atoms with Gasteiger partial charge in [-0.2, -0.15) is 0 Å². The van der Waals surface area contributed by atoms with Crippen LogP contribution >= 0.6 is 24.8 Å². The molecule has 0 spiro atoms. The molecule has 0 aromatic carbocycles. The summed E-state index contributed by atoms with van der Waals surface area (Å²) in [4.78, 5) is 4.66. The maximum atomic E-state index is 3.27. The minimum absolute atomic E-state index is 0. The molecule has 4 nitrogen and oxygen atoms in total. The second kappa shape index (κ2) is 11.9. The van der Waals surface area contributed by atoms with Gasteiger partial charge in [-0.15, -0.1) is 24.8 Å². The molecule has 2 saturated heterocycles. The summed E-state index contributed by atoms with van der Waals surface area (Å²) < 4.78 is 0. The Hall–Kier alpha value is 0.420. The second-order valence-corrected chi connectivity index (χ2v) is 4.11. The molecule has 2 aliphatic rings. The van der Waals surface area contributed by atoms with Crippen molar-refractivity contribution in [3.63, 3.8) is 0 Å². The van der Waals surface area contributed by atoms with E-state index >= 15 is 0 Å². The van der Waals surface area contributed by atoms with E-state index in [2.05, 4.69) is 34.5 Å². The fourth-order valence-electron chi connectivity index (χ4n) is 1.55. The predicted octanol–water partition coefficient (Wildman–Crippen LogP) is -0.114. The number of rotatable bonds is 0. The molecule has 6 heteroatoms. The van der Waals surface area contributed by atoms with Gasteiger partial charge in [0.25, 0.3) is 0 Å². The standard InChI is InChI=1S/2C5H12N2.2ClH/c2*1-7-4-2-6-3-5-7;;/h2*6H,2-5H2,1H3;2*1H. The molecule has 2 rings (SSSR count). The zero-order valence-corrected chi connectivity index (χ0v) is 12.0. The number of nitrogens with zero attached hydrogens (tertiary/aromatic N) is 2. The van der Waals surface area contributed by atoms with Crippen molar-refractivity contribution in [2.45, 2.75) is 0 Å². The molecular weight excluding hydrogens is 247 g/mol. The number of nitrogens with one attached hydrogen (secondary N) is 2. The van der Waals surface area contributed by atoms with Crippen molar-refractivity contribution in [2.24, 2.45) is 0 Å². The van der Waals surface area contributed by atoms with Crippen molar-refractivity contribution in [2.75, 3.05) is 66.5 Å². The minimum atomic E-state index is 0. The normalized spacial score (nSPS) is 22.1. The lowest BCUT2D eigenvalue weighted by molar-refractivity contribution is 0.291. The summed E-state index contributed by atoms with van der Waals surface area (Å²) in [6.45, 7) is 9.49. The van der Waals surface area contributed by atoms with Gasteiger partial charge < -0.3 is 20.4 Å². The maximum Gasteiger partial charge on any atom is 0.0104 e. The van der Waals surface area contributed by atoms with Crippen molar-refractivity contribution in [3.05, 3.63) is 0 Å². The SMILES string of the molecule is CN1CCNCC1.CN1CCNCC1.Cl.Cl. The topological polar surface area (TPSA) is 30.5 Å². The van der Waals surface area contributed by atoms with Crippen LogP contribution in [0.15, 0.2) is 0 Å². The van der Waals surface area contributed by atoms with Crippen LogP contribution in [0.5, 0.6) is 0 Å². The predicted molar refractivity (Wildman–Crippen MR) is 75.2 cm³/mol. The third-order valence-corrected chi connectivity index (χ3v) is 2.68. The molecule has 2 N–H and O–H groups in total. The van der Waals surface area contributed by atoms with Gasteiger partial charge in [0.05, 0.1) is 0 Å². The van der Waals surface area contributed by atoms with E-state index < -0.39 is 0 Å². The Morgan fingerprint density at radius 1 is 0.625 bits per heavy atom. The summed E-state index contributed by atoms with van der Waals surface area (Å²) in [6.07, 6.45) is 0. The number of hydrogen-bond acceptors (Lipinski definition) is 4. The van der Waals surface area contributed by atoms with Gasteiger partial charge in [-0.3, -0.25) is 0 Å². The highest BCUT2D eigenvalue weighted by Crippen LogP contribution is 1.83. The van der Waals surface area contributed by atoms with E-state index in [-0.39, 0.29) is 24.8 Å². The molecule has 2 heterocycles. The van der Waals surface area contributed by atoms with Gasteiger partial charge in [-0.05, 0) is 14.1 Å². The molecule has 0 unspecified atom stereocenters. The van der Waals surface area contributed by atoms with E-state index in [0.29, 0.717) is 0 Å². The number of halogens is 2. The van der Waals surface area contributed by atoms with E-state index in [1.807, 2.05) is 0 Å². The van der Waals surface area contributed by atoms with Crippen LogP contribution in [-0.2, 0) is 0 Å². The summed E-state index contributed by atoms with van der Waals surface area (Å²) in [7, 11) is 4.31. The van der Waals surface area contributed by atoms with Crippen molar-refractivity contribution < 1.29 is 0 Å². The molecule has 0 atom stereocenters. The van der Waals surface area contributed by atoms with Crippen molar-refractivity contribution in [1.29, 1.82) is 0 Å². The van der Waals surface area contributed by atoms with Crippen LogP contribution in [0.3, 0.4) is 0 Å². The maximum absolute atomic E-state index is 3.27. The Kier molecular flexibility index (Phi) is 14.0. The third-order valence-electron chi connectivity index (χ3n) is 2.68. The van der Waals surface area contributed by atoms with Crippen LogP contribution in [0.2, 0.25) is 0 Å². The Bertz CT molecular complexity index is 121. The summed E-state index contributed by atoms with van der Waals surface area (Å²) in [5.74, 6) is 0. The largest absolute Gasteiger partial charge is 0.314 e. The molecule has 2 aliphatic heterocycles. The smallest absolute Gasteiger partial charge is 0.0104 e. The molecule has 100 valence electrons. The summed E-state index contributed by atoms with van der Waals surface area (Å²) >= 11 is 0. The summed E-state index contributed by atoms with van der Waals surface area (Å²) in [6, 6.07) is 0. The van der Waals surface area contributed by atoms with E-state index in [9.17, 15) is 0 Å². The van der Waals surface area contributed by atoms with Gasteiger partial charge in [0, 0.05) is 52.4 Å². The van der Waals surface area contributed by atoms with Crippen LogP contribution in [0.1, 0.15) is 0 Å². The van der Waals surface area contributed by atoms with E-state index in [0.717, 1.165) is 26.2 Å². The van der Waals surface area contributed by atoms with Crippen molar-refractivity contribution >= 4 is 24.8 Å². The molecule has 0 radical (unpaired) electrons. The number of piperazine rings is 2. The van der Waals surface area contributed by atoms with Crippen molar-refractivity contribution in [3.8, 4) is 0 Å². The molecule has 16 heavy (non-hydrogen) atoms. The van der Waals surface area contributed by atoms with Gasteiger partial charge in [0.2, 0.25) is 0 Å². The number of likely N-dealkylation sites (N-methyl/N-ethyl adjacent to an activating group) is 2. The molecular formula is C10H26Cl2N4. The van der Waals surface area contributed by atoms with Crippen LogP contribution < -0.4 is 10.6 Å². The second-order valence-electron chi connectivity index (χ2n) is 4.11. The zero-order valence-electron chi connectivity index (χ0n) is 10.4. The van der Waals surface area contributed by atoms with Gasteiger partial charge in [-0.1, -0.05) is 0 Å². The van der Waals surface area contributed by atoms with Crippen molar-refractivity contribution in [1.82, 2.24) is 20.4 Å². The Morgan fingerprint density at radius 2 is 0.875 bits per heavy atom. The quantitative estimate of drug-likeness (QED) is 0.644.